The minimum absolute atomic E-state index is 0.0325. The van der Waals surface area contributed by atoms with Crippen molar-refractivity contribution in [2.24, 2.45) is 0 Å². The number of allylic oxidation sites excluding steroid dienone is 1. The first kappa shape index (κ1) is 15.7. The SMILES string of the molecule is N#CC(=CNc1ccc(F)c(F)c1)S(=O)(=O)c1ccccc1. The van der Waals surface area contributed by atoms with Gasteiger partial charge >= 0.3 is 0 Å². The van der Waals surface area contributed by atoms with Crippen LogP contribution in [0.25, 0.3) is 0 Å². The van der Waals surface area contributed by atoms with E-state index < -0.39 is 26.4 Å². The molecule has 0 aromatic heterocycles. The minimum Gasteiger partial charge on any atom is -0.360 e. The summed E-state index contributed by atoms with van der Waals surface area (Å²) >= 11 is 0. The Morgan fingerprint density at radius 1 is 1.09 bits per heavy atom. The lowest BCUT2D eigenvalue weighted by Gasteiger charge is -2.05. The van der Waals surface area contributed by atoms with Gasteiger partial charge in [0, 0.05) is 18.0 Å². The minimum atomic E-state index is -3.97. The topological polar surface area (TPSA) is 70.0 Å². The average molecular weight is 320 g/mol. The summed E-state index contributed by atoms with van der Waals surface area (Å²) in [7, 11) is -3.97. The van der Waals surface area contributed by atoms with Crippen molar-refractivity contribution in [2.75, 3.05) is 5.32 Å². The highest BCUT2D eigenvalue weighted by atomic mass is 32.2. The summed E-state index contributed by atoms with van der Waals surface area (Å²) in [6, 6.07) is 12.0. The quantitative estimate of drug-likeness (QED) is 0.878. The Kier molecular flexibility index (Phi) is 4.53. The molecule has 0 saturated carbocycles. The molecule has 0 spiro atoms. The third-order valence-corrected chi connectivity index (χ3v) is 4.42. The van der Waals surface area contributed by atoms with Crippen molar-refractivity contribution in [3.8, 4) is 6.07 Å². The summed E-state index contributed by atoms with van der Waals surface area (Å²) in [6.45, 7) is 0. The Hall–Kier alpha value is -2.72. The Morgan fingerprint density at radius 3 is 2.36 bits per heavy atom. The molecule has 0 atom stereocenters. The van der Waals surface area contributed by atoms with Crippen LogP contribution in [0.5, 0.6) is 0 Å². The third kappa shape index (κ3) is 3.30. The monoisotopic (exact) mass is 320 g/mol. The zero-order valence-corrected chi connectivity index (χ0v) is 11.9. The molecule has 22 heavy (non-hydrogen) atoms. The molecule has 0 aliphatic heterocycles. The Balaban J connectivity index is 2.32. The zero-order valence-electron chi connectivity index (χ0n) is 11.1. The zero-order chi connectivity index (χ0) is 16.2. The number of nitrogens with one attached hydrogen (secondary N) is 1. The molecule has 112 valence electrons. The molecule has 0 bridgehead atoms. The fourth-order valence-corrected chi connectivity index (χ4v) is 2.73. The Labute approximate surface area is 126 Å². The highest BCUT2D eigenvalue weighted by Gasteiger charge is 2.20. The van der Waals surface area contributed by atoms with E-state index in [0.29, 0.717) is 0 Å². The van der Waals surface area contributed by atoms with Gasteiger partial charge in [0.25, 0.3) is 0 Å². The Morgan fingerprint density at radius 2 is 1.77 bits per heavy atom. The summed E-state index contributed by atoms with van der Waals surface area (Å²) in [5.41, 5.74) is 0.120. The number of benzene rings is 2. The lowest BCUT2D eigenvalue weighted by atomic mass is 10.3. The maximum absolute atomic E-state index is 13.1. The van der Waals surface area contributed by atoms with E-state index in [1.807, 2.05) is 0 Å². The first-order chi connectivity index (χ1) is 10.4. The van der Waals surface area contributed by atoms with Crippen LogP contribution in [0, 0.1) is 23.0 Å². The maximum atomic E-state index is 13.1. The number of nitriles is 1. The standard InChI is InChI=1S/C15H10F2N2O2S/c16-14-7-6-11(8-15(14)17)19-10-13(9-18)22(20,21)12-4-2-1-3-5-12/h1-8,10,19H. The van der Waals surface area contributed by atoms with E-state index in [-0.39, 0.29) is 10.6 Å². The number of hydrogen-bond donors (Lipinski definition) is 1. The molecule has 2 rings (SSSR count). The van der Waals surface area contributed by atoms with Gasteiger partial charge in [-0.3, -0.25) is 0 Å². The van der Waals surface area contributed by atoms with E-state index in [2.05, 4.69) is 5.32 Å². The second-order valence-corrected chi connectivity index (χ2v) is 6.13. The molecular weight excluding hydrogens is 310 g/mol. The maximum Gasteiger partial charge on any atom is 0.218 e. The molecule has 0 aliphatic carbocycles. The summed E-state index contributed by atoms with van der Waals surface area (Å²) in [6.07, 6.45) is 0.939. The molecular formula is C15H10F2N2O2S. The van der Waals surface area contributed by atoms with Crippen LogP contribution in [0.4, 0.5) is 14.5 Å². The molecule has 0 heterocycles. The summed E-state index contributed by atoms with van der Waals surface area (Å²) < 4.78 is 50.4. The van der Waals surface area contributed by atoms with Crippen LogP contribution in [0.15, 0.2) is 64.5 Å². The van der Waals surface area contributed by atoms with E-state index in [9.17, 15) is 17.2 Å². The molecule has 0 amide bonds. The van der Waals surface area contributed by atoms with Crippen molar-refractivity contribution in [2.45, 2.75) is 4.90 Å². The first-order valence-corrected chi connectivity index (χ1v) is 7.55. The number of nitrogens with zero attached hydrogens (tertiary/aromatic N) is 1. The van der Waals surface area contributed by atoms with Gasteiger partial charge in [-0.1, -0.05) is 18.2 Å². The van der Waals surface area contributed by atoms with Crippen molar-refractivity contribution in [1.29, 1.82) is 5.26 Å². The van der Waals surface area contributed by atoms with E-state index in [1.54, 1.807) is 12.1 Å². The van der Waals surface area contributed by atoms with E-state index >= 15 is 0 Å². The van der Waals surface area contributed by atoms with Crippen LogP contribution in [0.3, 0.4) is 0 Å². The van der Waals surface area contributed by atoms with Gasteiger partial charge in [-0.15, -0.1) is 0 Å². The molecule has 4 nitrogen and oxygen atoms in total. The molecule has 7 heteroatoms. The van der Waals surface area contributed by atoms with Gasteiger partial charge in [0.15, 0.2) is 16.5 Å². The molecule has 0 fully saturated rings. The predicted molar refractivity (Wildman–Crippen MR) is 77.3 cm³/mol. The number of anilines is 1. The van der Waals surface area contributed by atoms with Gasteiger partial charge in [0.1, 0.15) is 6.07 Å². The van der Waals surface area contributed by atoms with Crippen LogP contribution < -0.4 is 5.32 Å². The second kappa shape index (κ2) is 6.37. The molecule has 0 radical (unpaired) electrons. The first-order valence-electron chi connectivity index (χ1n) is 6.07. The van der Waals surface area contributed by atoms with Gasteiger partial charge in [-0.2, -0.15) is 5.26 Å². The Bertz CT molecular complexity index is 857. The molecule has 0 saturated heterocycles. The number of halogens is 2. The normalized spacial score (nSPS) is 11.8. The number of rotatable bonds is 4. The van der Waals surface area contributed by atoms with Crippen LogP contribution in [0.1, 0.15) is 0 Å². The number of sulfone groups is 1. The highest BCUT2D eigenvalue weighted by molar-refractivity contribution is 7.95. The molecule has 2 aromatic carbocycles. The average Bonchev–Trinajstić information content (AvgIpc) is 2.52. The third-order valence-electron chi connectivity index (χ3n) is 2.74. The largest absolute Gasteiger partial charge is 0.360 e. The highest BCUT2D eigenvalue weighted by Crippen LogP contribution is 2.19. The molecule has 1 N–H and O–H groups in total. The van der Waals surface area contributed by atoms with Crippen LogP contribution in [0.2, 0.25) is 0 Å². The molecule has 0 aliphatic rings. The van der Waals surface area contributed by atoms with Gasteiger partial charge in [-0.25, -0.2) is 17.2 Å². The predicted octanol–water partition coefficient (Wildman–Crippen LogP) is 3.22. The van der Waals surface area contributed by atoms with Gasteiger partial charge < -0.3 is 5.32 Å². The smallest absolute Gasteiger partial charge is 0.218 e. The fourth-order valence-electron chi connectivity index (χ4n) is 1.63. The van der Waals surface area contributed by atoms with Crippen molar-refractivity contribution < 1.29 is 17.2 Å². The summed E-state index contributed by atoms with van der Waals surface area (Å²) in [5, 5.41) is 11.5. The van der Waals surface area contributed by atoms with Crippen molar-refractivity contribution in [3.63, 3.8) is 0 Å². The van der Waals surface area contributed by atoms with E-state index in [0.717, 1.165) is 18.3 Å². The van der Waals surface area contributed by atoms with Crippen molar-refractivity contribution in [1.82, 2.24) is 0 Å². The molecule has 0 unspecified atom stereocenters. The van der Waals surface area contributed by atoms with Crippen LogP contribution in [-0.2, 0) is 9.84 Å². The van der Waals surface area contributed by atoms with E-state index in [1.165, 1.54) is 30.3 Å². The molecule has 2 aromatic rings. The van der Waals surface area contributed by atoms with Gasteiger partial charge in [0.2, 0.25) is 9.84 Å². The van der Waals surface area contributed by atoms with Gasteiger partial charge in [0.05, 0.1) is 4.90 Å². The lowest BCUT2D eigenvalue weighted by molar-refractivity contribution is 0.509. The summed E-state index contributed by atoms with van der Waals surface area (Å²) in [5.74, 6) is -2.10. The fraction of sp³-hybridized carbons (Fsp3) is 0. The number of hydrogen-bond acceptors (Lipinski definition) is 4. The summed E-state index contributed by atoms with van der Waals surface area (Å²) in [4.78, 5) is -0.571. The van der Waals surface area contributed by atoms with Gasteiger partial charge in [-0.05, 0) is 24.3 Å². The van der Waals surface area contributed by atoms with Crippen molar-refractivity contribution in [3.05, 3.63) is 71.3 Å². The second-order valence-electron chi connectivity index (χ2n) is 4.21. The van der Waals surface area contributed by atoms with Crippen molar-refractivity contribution >= 4 is 15.5 Å². The van der Waals surface area contributed by atoms with Crippen LogP contribution in [-0.4, -0.2) is 8.42 Å². The van der Waals surface area contributed by atoms with Crippen LogP contribution >= 0.6 is 0 Å². The van der Waals surface area contributed by atoms with E-state index in [4.69, 9.17) is 5.26 Å². The lowest BCUT2D eigenvalue weighted by Crippen LogP contribution is -2.05.